The predicted octanol–water partition coefficient (Wildman–Crippen LogP) is 1.11. The van der Waals surface area contributed by atoms with Crippen molar-refractivity contribution in [1.29, 1.82) is 0 Å². The predicted molar refractivity (Wildman–Crippen MR) is 52.3 cm³/mol. The molecule has 0 aromatic heterocycles. The Kier molecular flexibility index (Phi) is 23.3. The van der Waals surface area contributed by atoms with Crippen molar-refractivity contribution < 1.29 is 0 Å². The standard InChI is InChI=1S/C4H9.C2H4Cl.2Al.4H/c1-3-4-2;1-2-3;;;;;;/h1,3-4H2,2H3;1-2H2;;;;;;. The summed E-state index contributed by atoms with van der Waals surface area (Å²) in [4.78, 5) is 0. The second-order valence-corrected chi connectivity index (χ2v) is 4.42. The van der Waals surface area contributed by atoms with E-state index in [4.69, 9.17) is 11.6 Å². The smallest absolute Gasteiger partial charge is 0.128 e. The van der Waals surface area contributed by atoms with Gasteiger partial charge in [0, 0.05) is 5.88 Å². The molecule has 0 N–H and O–H groups in total. The van der Waals surface area contributed by atoms with Crippen molar-refractivity contribution >= 4 is 44.2 Å². The molecule has 0 unspecified atom stereocenters. The van der Waals surface area contributed by atoms with Gasteiger partial charge in [0.05, 0.1) is 0 Å². The average Bonchev–Trinajstić information content (AvgIpc) is 1.91. The molecule has 0 aromatic rings. The summed E-state index contributed by atoms with van der Waals surface area (Å²) in [5, 5.41) is 2.71. The van der Waals surface area contributed by atoms with Gasteiger partial charge in [-0.25, -0.2) is 0 Å². The van der Waals surface area contributed by atoms with Gasteiger partial charge >= 0.3 is 0 Å². The van der Waals surface area contributed by atoms with Gasteiger partial charge in [-0.2, -0.15) is 0 Å². The molecule has 0 rings (SSSR count). The third-order valence-electron chi connectivity index (χ3n) is 0.896. The lowest BCUT2D eigenvalue weighted by Gasteiger charge is -1.78. The fraction of sp³-hybridized carbons (Fsp3) is 1.00. The largest absolute Gasteiger partial charge is 0.213 e. The first-order chi connectivity index (χ1) is 4.33. The number of hydrogen-bond donors (Lipinski definition) is 0. The lowest BCUT2D eigenvalue weighted by Crippen LogP contribution is -1.63. The molecule has 0 heterocycles. The zero-order valence-electron chi connectivity index (χ0n) is 6.91. The van der Waals surface area contributed by atoms with E-state index >= 15 is 0 Å². The third-order valence-corrected chi connectivity index (χ3v) is 3.12. The second kappa shape index (κ2) is 16.2. The van der Waals surface area contributed by atoms with E-state index in [0.29, 0.717) is 0 Å². The third kappa shape index (κ3) is 26.7. The summed E-state index contributed by atoms with van der Waals surface area (Å²) in [6.45, 7) is 2.23. The van der Waals surface area contributed by atoms with Crippen LogP contribution in [0.4, 0.5) is 0 Å². The molecule has 54 valence electrons. The summed E-state index contributed by atoms with van der Waals surface area (Å²) in [5.74, 6) is 0.853. The summed E-state index contributed by atoms with van der Waals surface area (Å²) < 4.78 is 0. The van der Waals surface area contributed by atoms with Crippen molar-refractivity contribution in [2.45, 2.75) is 30.3 Å². The van der Waals surface area contributed by atoms with Crippen LogP contribution in [0.2, 0.25) is 10.6 Å². The first-order valence-corrected chi connectivity index (χ1v) is 7.25. The van der Waals surface area contributed by atoms with Crippen LogP contribution in [0.3, 0.4) is 0 Å². The van der Waals surface area contributed by atoms with Crippen LogP contribution in [0, 0.1) is 0 Å². The van der Waals surface area contributed by atoms with Crippen LogP contribution in [0.1, 0.15) is 19.8 Å². The molecule has 0 aliphatic heterocycles. The zero-order chi connectivity index (χ0) is 7.54. The van der Waals surface area contributed by atoms with Crippen molar-refractivity contribution in [3.8, 4) is 0 Å². The molecule has 0 fully saturated rings. The number of alkyl halides is 1. The molecule has 0 aromatic carbocycles. The maximum atomic E-state index is 5.22. The highest BCUT2D eigenvalue weighted by atomic mass is 35.5. The van der Waals surface area contributed by atoms with Crippen LogP contribution in [0.15, 0.2) is 0 Å². The van der Waals surface area contributed by atoms with Gasteiger partial charge in [-0.15, -0.1) is 16.9 Å². The molecule has 0 radical (unpaired) electrons. The number of halogens is 1. The molecule has 0 saturated heterocycles. The summed E-state index contributed by atoms with van der Waals surface area (Å²) >= 11 is 7.88. The van der Waals surface area contributed by atoms with Gasteiger partial charge in [-0.05, 0) is 0 Å². The summed E-state index contributed by atoms with van der Waals surface area (Å²) in [6.07, 6.45) is 2.83. The van der Waals surface area contributed by atoms with Crippen molar-refractivity contribution in [3.05, 3.63) is 0 Å². The zero-order valence-corrected chi connectivity index (χ0v) is 11.7. The van der Waals surface area contributed by atoms with Crippen molar-refractivity contribution in [2.24, 2.45) is 0 Å². The SMILES string of the molecule is CCC[CH2][AlH2].[AlH2][CH2]CCl. The van der Waals surface area contributed by atoms with E-state index in [0.717, 1.165) is 5.88 Å². The lowest BCUT2D eigenvalue weighted by molar-refractivity contribution is 0.884. The fourth-order valence-corrected chi connectivity index (χ4v) is 1.06. The van der Waals surface area contributed by atoms with Crippen molar-refractivity contribution in [3.63, 3.8) is 0 Å². The van der Waals surface area contributed by atoms with Crippen molar-refractivity contribution in [2.75, 3.05) is 5.88 Å². The summed E-state index contributed by atoms with van der Waals surface area (Å²) in [5.41, 5.74) is 0. The Morgan fingerprint density at radius 3 is 1.67 bits per heavy atom. The van der Waals surface area contributed by atoms with E-state index < -0.39 is 0 Å². The first kappa shape index (κ1) is 13.0. The minimum Gasteiger partial charge on any atom is -0.128 e. The molecular formula is C6H17Al2Cl. The van der Waals surface area contributed by atoms with Gasteiger partial charge in [0.25, 0.3) is 0 Å². The summed E-state index contributed by atoms with van der Waals surface area (Å²) in [7, 11) is 0. The Morgan fingerprint density at radius 2 is 1.67 bits per heavy atom. The molecule has 3 heteroatoms. The van der Waals surface area contributed by atoms with E-state index in [1.165, 1.54) is 56.0 Å². The topological polar surface area (TPSA) is 0 Å². The molecule has 0 aliphatic rings. The highest BCUT2D eigenvalue weighted by molar-refractivity contribution is 6.22. The maximum Gasteiger partial charge on any atom is 0.213 e. The molecule has 0 aliphatic carbocycles. The van der Waals surface area contributed by atoms with E-state index in [1.54, 1.807) is 0 Å². The maximum absolute atomic E-state index is 5.22. The number of hydrogen-bond acceptors (Lipinski definition) is 0. The highest BCUT2D eigenvalue weighted by Crippen LogP contribution is 1.86. The quantitative estimate of drug-likeness (QED) is 0.449. The van der Waals surface area contributed by atoms with Gasteiger partial charge < -0.3 is 0 Å². The second-order valence-electron chi connectivity index (χ2n) is 2.04. The van der Waals surface area contributed by atoms with Gasteiger partial charge in [0.1, 0.15) is 0 Å². The van der Waals surface area contributed by atoms with E-state index in [2.05, 4.69) is 6.92 Å². The minimum atomic E-state index is 0.853. The van der Waals surface area contributed by atoms with Gasteiger partial charge in [-0.3, -0.25) is 0 Å². The van der Waals surface area contributed by atoms with Crippen LogP contribution in [-0.4, -0.2) is 38.5 Å². The van der Waals surface area contributed by atoms with E-state index in [1.807, 2.05) is 0 Å². The van der Waals surface area contributed by atoms with Crippen LogP contribution in [0.25, 0.3) is 0 Å². The van der Waals surface area contributed by atoms with Gasteiger partial charge in [-0.1, -0.05) is 25.0 Å². The van der Waals surface area contributed by atoms with E-state index in [9.17, 15) is 0 Å². The number of rotatable bonds is 3. The Hall–Kier alpha value is 1.35. The average molecular weight is 179 g/mol. The van der Waals surface area contributed by atoms with E-state index in [-0.39, 0.29) is 0 Å². The molecule has 0 spiro atoms. The van der Waals surface area contributed by atoms with Crippen LogP contribution < -0.4 is 0 Å². The number of unbranched alkanes of at least 4 members (excludes halogenated alkanes) is 1. The molecule has 0 nitrogen and oxygen atoms in total. The summed E-state index contributed by atoms with van der Waals surface area (Å²) in [6, 6.07) is 0. The molecule has 0 bridgehead atoms. The highest BCUT2D eigenvalue weighted by Gasteiger charge is 1.69. The van der Waals surface area contributed by atoms with Gasteiger partial charge in [0.2, 0.25) is 32.6 Å². The Labute approximate surface area is 80.2 Å². The van der Waals surface area contributed by atoms with Crippen LogP contribution in [-0.2, 0) is 0 Å². The Bertz CT molecular complexity index is 30.2. The normalized spacial score (nSPS) is 7.78. The minimum absolute atomic E-state index is 0.853. The molecular weight excluding hydrogens is 161 g/mol. The monoisotopic (exact) mass is 178 g/mol. The molecule has 9 heavy (non-hydrogen) atoms. The lowest BCUT2D eigenvalue weighted by atomic mass is 10.4. The molecule has 0 saturated carbocycles. The van der Waals surface area contributed by atoms with Crippen LogP contribution >= 0.6 is 11.6 Å². The first-order valence-electron chi connectivity index (χ1n) is 3.89. The molecule has 0 atom stereocenters. The van der Waals surface area contributed by atoms with Crippen LogP contribution in [0.5, 0.6) is 0 Å². The molecule has 0 amide bonds. The van der Waals surface area contributed by atoms with Gasteiger partial charge in [0.15, 0.2) is 0 Å². The Balaban J connectivity index is 0. The van der Waals surface area contributed by atoms with Crippen molar-refractivity contribution in [1.82, 2.24) is 0 Å². The fourth-order valence-electron chi connectivity index (χ4n) is 0.354. The Morgan fingerprint density at radius 1 is 1.22 bits per heavy atom.